The molecule has 132 valence electrons. The Labute approximate surface area is 161 Å². The molecule has 0 spiro atoms. The van der Waals surface area contributed by atoms with Gasteiger partial charge in [-0.2, -0.15) is 5.26 Å². The number of rotatable bonds is 4. The molecule has 6 heteroatoms. The van der Waals surface area contributed by atoms with Crippen LogP contribution in [0, 0.1) is 18.3 Å². The summed E-state index contributed by atoms with van der Waals surface area (Å²) < 4.78 is 0. The molecule has 1 aliphatic rings. The number of thioether (sulfide) groups is 1. The first-order chi connectivity index (χ1) is 12.6. The van der Waals surface area contributed by atoms with E-state index in [1.807, 2.05) is 61.9 Å². The van der Waals surface area contributed by atoms with Crippen molar-refractivity contribution in [2.45, 2.75) is 19.8 Å². The Bertz CT molecular complexity index is 936. The van der Waals surface area contributed by atoms with Crippen molar-refractivity contribution in [1.29, 1.82) is 5.26 Å². The van der Waals surface area contributed by atoms with Crippen LogP contribution in [0.15, 0.2) is 63.7 Å². The van der Waals surface area contributed by atoms with Crippen molar-refractivity contribution in [3.8, 4) is 6.07 Å². The molecule has 2 aromatic rings. The molecule has 0 radical (unpaired) electrons. The van der Waals surface area contributed by atoms with Gasteiger partial charge in [-0.1, -0.05) is 24.3 Å². The number of aryl methyl sites for hydroxylation is 1. The summed E-state index contributed by atoms with van der Waals surface area (Å²) in [4.78, 5) is 14.1. The number of nitrogens with one attached hydrogen (secondary N) is 2. The molecule has 1 atom stereocenters. The fraction of sp³-hybridized carbons (Fsp3) is 0.200. The Morgan fingerprint density at radius 3 is 2.65 bits per heavy atom. The molecule has 1 aromatic carbocycles. The summed E-state index contributed by atoms with van der Waals surface area (Å²) in [5.74, 6) is -0.539. The minimum atomic E-state index is -0.354. The Kier molecular flexibility index (Phi) is 5.50. The van der Waals surface area contributed by atoms with Crippen molar-refractivity contribution in [3.63, 3.8) is 0 Å². The average molecular weight is 382 g/mol. The van der Waals surface area contributed by atoms with Crippen molar-refractivity contribution in [3.05, 3.63) is 74.1 Å². The van der Waals surface area contributed by atoms with Gasteiger partial charge in [0, 0.05) is 21.8 Å². The lowest BCUT2D eigenvalue weighted by molar-refractivity contribution is -0.113. The van der Waals surface area contributed by atoms with Crippen LogP contribution in [0.5, 0.6) is 0 Å². The summed E-state index contributed by atoms with van der Waals surface area (Å²) in [6, 6.07) is 13.9. The van der Waals surface area contributed by atoms with Crippen molar-refractivity contribution in [2.24, 2.45) is 0 Å². The molecule has 1 aliphatic heterocycles. The third kappa shape index (κ3) is 3.41. The van der Waals surface area contributed by atoms with E-state index < -0.39 is 0 Å². The van der Waals surface area contributed by atoms with Crippen LogP contribution in [0.3, 0.4) is 0 Å². The van der Waals surface area contributed by atoms with Crippen LogP contribution in [-0.2, 0) is 4.79 Å². The number of hydrogen-bond acceptors (Lipinski definition) is 5. The Balaban J connectivity index is 2.05. The predicted octanol–water partition coefficient (Wildman–Crippen LogP) is 4.75. The van der Waals surface area contributed by atoms with E-state index in [0.29, 0.717) is 11.1 Å². The molecule has 0 saturated heterocycles. The largest absolute Gasteiger partial charge is 0.353 e. The molecule has 0 bridgehead atoms. The van der Waals surface area contributed by atoms with Crippen molar-refractivity contribution in [1.82, 2.24) is 5.32 Å². The number of allylic oxidation sites excluding steroid dienone is 2. The van der Waals surface area contributed by atoms with Crippen LogP contribution >= 0.6 is 23.1 Å². The Hall–Kier alpha value is -2.49. The van der Waals surface area contributed by atoms with E-state index in [1.54, 1.807) is 11.3 Å². The number of nitriles is 1. The zero-order valence-electron chi connectivity index (χ0n) is 14.8. The van der Waals surface area contributed by atoms with E-state index >= 15 is 0 Å². The van der Waals surface area contributed by atoms with Gasteiger partial charge in [-0.05, 0) is 43.2 Å². The maximum Gasteiger partial charge on any atom is 0.254 e. The highest BCUT2D eigenvalue weighted by Gasteiger charge is 2.35. The highest BCUT2D eigenvalue weighted by atomic mass is 32.2. The number of anilines is 1. The van der Waals surface area contributed by atoms with Gasteiger partial charge in [-0.15, -0.1) is 23.1 Å². The van der Waals surface area contributed by atoms with Gasteiger partial charge in [0.2, 0.25) is 0 Å². The third-order valence-electron chi connectivity index (χ3n) is 4.32. The lowest BCUT2D eigenvalue weighted by Gasteiger charge is -2.28. The number of hydrogen-bond donors (Lipinski definition) is 2. The van der Waals surface area contributed by atoms with Crippen LogP contribution in [0.25, 0.3) is 0 Å². The number of carbonyl (C=O) groups excluding carboxylic acids is 1. The van der Waals surface area contributed by atoms with Crippen LogP contribution < -0.4 is 10.6 Å². The van der Waals surface area contributed by atoms with Crippen LogP contribution in [0.1, 0.15) is 23.3 Å². The van der Waals surface area contributed by atoms with Gasteiger partial charge in [0.25, 0.3) is 5.91 Å². The normalized spacial score (nSPS) is 16.9. The maximum atomic E-state index is 13.1. The Morgan fingerprint density at radius 1 is 1.27 bits per heavy atom. The summed E-state index contributed by atoms with van der Waals surface area (Å²) in [7, 11) is 0. The molecule has 26 heavy (non-hydrogen) atoms. The van der Waals surface area contributed by atoms with Gasteiger partial charge in [0.05, 0.1) is 22.6 Å². The Morgan fingerprint density at radius 2 is 2.04 bits per heavy atom. The van der Waals surface area contributed by atoms with E-state index in [-0.39, 0.29) is 11.8 Å². The lowest BCUT2D eigenvalue weighted by atomic mass is 9.86. The summed E-state index contributed by atoms with van der Waals surface area (Å²) >= 11 is 3.05. The number of thiophene rings is 1. The molecule has 3 rings (SSSR count). The second-order valence-corrected chi connectivity index (χ2v) is 7.74. The number of carbonyl (C=O) groups is 1. The SMILES string of the molecule is CSC1=C(C#N)C(c2cccs2)C(C(=O)Nc2ccccc2C)=C(C)N1. The predicted molar refractivity (Wildman–Crippen MR) is 109 cm³/mol. The summed E-state index contributed by atoms with van der Waals surface area (Å²) in [6.07, 6.45) is 1.93. The summed E-state index contributed by atoms with van der Waals surface area (Å²) in [6.45, 7) is 3.84. The molecular formula is C20H19N3OS2. The van der Waals surface area contributed by atoms with Gasteiger partial charge >= 0.3 is 0 Å². The van der Waals surface area contributed by atoms with Crippen molar-refractivity contribution in [2.75, 3.05) is 11.6 Å². The van der Waals surface area contributed by atoms with E-state index in [9.17, 15) is 10.1 Å². The van der Waals surface area contributed by atoms with Gasteiger partial charge < -0.3 is 10.6 Å². The van der Waals surface area contributed by atoms with Crippen LogP contribution in [-0.4, -0.2) is 12.2 Å². The molecule has 1 aromatic heterocycles. The smallest absolute Gasteiger partial charge is 0.254 e. The fourth-order valence-electron chi connectivity index (χ4n) is 3.02. The van der Waals surface area contributed by atoms with Crippen LogP contribution in [0.4, 0.5) is 5.69 Å². The first kappa shape index (κ1) is 18.3. The van der Waals surface area contributed by atoms with E-state index in [4.69, 9.17) is 0 Å². The second-order valence-electron chi connectivity index (χ2n) is 5.94. The summed E-state index contributed by atoms with van der Waals surface area (Å²) in [5.41, 5.74) is 3.72. The minimum absolute atomic E-state index is 0.185. The topological polar surface area (TPSA) is 64.9 Å². The highest BCUT2D eigenvalue weighted by Crippen LogP contribution is 2.42. The van der Waals surface area contributed by atoms with Gasteiger partial charge in [0.1, 0.15) is 0 Å². The number of benzene rings is 1. The molecule has 1 amide bonds. The first-order valence-corrected chi connectivity index (χ1v) is 10.2. The van der Waals surface area contributed by atoms with E-state index in [2.05, 4.69) is 16.7 Å². The fourth-order valence-corrected chi connectivity index (χ4v) is 4.50. The first-order valence-electron chi connectivity index (χ1n) is 8.13. The van der Waals surface area contributed by atoms with E-state index in [1.165, 1.54) is 11.8 Å². The standard InChI is InChI=1S/C20H19N3OS2/c1-12-7-4-5-8-15(12)23-19(24)17-13(2)22-20(25-3)14(11-21)18(17)16-9-6-10-26-16/h4-10,18,22H,1-3H3,(H,23,24). The van der Waals surface area contributed by atoms with Crippen molar-refractivity contribution < 1.29 is 4.79 Å². The van der Waals surface area contributed by atoms with Gasteiger partial charge in [0.15, 0.2) is 0 Å². The molecule has 1 unspecified atom stereocenters. The second kappa shape index (κ2) is 7.81. The number of nitrogens with zero attached hydrogens (tertiary/aromatic N) is 1. The molecule has 0 aliphatic carbocycles. The molecule has 0 saturated carbocycles. The quantitative estimate of drug-likeness (QED) is 0.802. The van der Waals surface area contributed by atoms with Gasteiger partial charge in [-0.3, -0.25) is 4.79 Å². The lowest BCUT2D eigenvalue weighted by Crippen LogP contribution is -2.30. The van der Waals surface area contributed by atoms with Gasteiger partial charge in [-0.25, -0.2) is 0 Å². The number of amides is 1. The molecule has 0 fully saturated rings. The summed E-state index contributed by atoms with van der Waals surface area (Å²) in [5, 5.41) is 18.8. The number of dihydropyridines is 1. The molecular weight excluding hydrogens is 362 g/mol. The zero-order valence-corrected chi connectivity index (χ0v) is 16.4. The third-order valence-corrected chi connectivity index (χ3v) is 5.98. The highest BCUT2D eigenvalue weighted by molar-refractivity contribution is 8.02. The maximum absolute atomic E-state index is 13.1. The molecule has 2 heterocycles. The minimum Gasteiger partial charge on any atom is -0.353 e. The van der Waals surface area contributed by atoms with Crippen molar-refractivity contribution >= 4 is 34.7 Å². The zero-order chi connectivity index (χ0) is 18.7. The number of para-hydroxylation sites is 1. The van der Waals surface area contributed by atoms with Crippen LogP contribution in [0.2, 0.25) is 0 Å². The molecule has 2 N–H and O–H groups in total. The average Bonchev–Trinajstić information content (AvgIpc) is 3.16. The van der Waals surface area contributed by atoms with E-state index in [0.717, 1.165) is 26.9 Å². The molecule has 4 nitrogen and oxygen atoms in total. The monoisotopic (exact) mass is 381 g/mol.